The Morgan fingerprint density at radius 1 is 0.944 bits per heavy atom. The summed E-state index contributed by atoms with van der Waals surface area (Å²) in [7, 11) is -9.62. The lowest BCUT2D eigenvalue weighted by Crippen LogP contribution is -2.57. The number of hydrogen-bond donors (Lipinski definition) is 2. The summed E-state index contributed by atoms with van der Waals surface area (Å²) in [6.45, 7) is 11.0. The van der Waals surface area contributed by atoms with Gasteiger partial charge >= 0.3 is 20.8 Å². The van der Waals surface area contributed by atoms with E-state index in [1.165, 1.54) is 25.7 Å². The van der Waals surface area contributed by atoms with E-state index in [-0.39, 0.29) is 24.2 Å². The third-order valence-corrected chi connectivity index (χ3v) is 11.9. The minimum atomic E-state index is -4.82. The molecule has 4 aliphatic carbocycles. The molecule has 0 aromatic rings. The standard InChI is InChI=1S/C26H44O8S2/c1-5-6-7-8-17(2)20-11-12-21-19-10-9-18-15-23(33-35(27,28)29)24(34-36(30,31)32)16-26(18,4)22(19)13-14-25(20,21)3/h5,17-24H,1,6-16H2,2-4H3,(H,27,28,29)(H,30,31,32)/t17?,18?,19?,20?,21?,22?,23?,24-,25+,26-/m0/s1. The molecule has 0 saturated heterocycles. The first-order chi connectivity index (χ1) is 16.7. The monoisotopic (exact) mass is 548 g/mol. The van der Waals surface area contributed by atoms with Crippen molar-refractivity contribution in [2.45, 2.75) is 104 Å². The van der Waals surface area contributed by atoms with Crippen LogP contribution in [0.5, 0.6) is 0 Å². The Balaban J connectivity index is 1.55. The lowest BCUT2D eigenvalue weighted by molar-refractivity contribution is -0.152. The number of unbranched alkanes of at least 4 members (excludes halogenated alkanes) is 1. The highest BCUT2D eigenvalue weighted by Crippen LogP contribution is 2.68. The molecule has 0 amide bonds. The first-order valence-electron chi connectivity index (χ1n) is 13.6. The molecule has 4 aliphatic rings. The summed E-state index contributed by atoms with van der Waals surface area (Å²) in [6.07, 6.45) is 10.4. The summed E-state index contributed by atoms with van der Waals surface area (Å²) >= 11 is 0. The van der Waals surface area contributed by atoms with Gasteiger partial charge in [0.1, 0.15) is 12.2 Å². The van der Waals surface area contributed by atoms with E-state index in [0.717, 1.165) is 32.1 Å². The number of rotatable bonds is 9. The van der Waals surface area contributed by atoms with Crippen molar-refractivity contribution in [3.05, 3.63) is 12.7 Å². The van der Waals surface area contributed by atoms with Gasteiger partial charge in [-0.25, -0.2) is 8.37 Å². The van der Waals surface area contributed by atoms with Gasteiger partial charge < -0.3 is 0 Å². The fourth-order valence-corrected chi connectivity index (χ4v) is 10.5. The van der Waals surface area contributed by atoms with E-state index in [1.807, 2.05) is 6.08 Å². The molecule has 0 aromatic heterocycles. The van der Waals surface area contributed by atoms with Crippen LogP contribution in [0, 0.1) is 46.3 Å². The molecule has 10 atom stereocenters. The van der Waals surface area contributed by atoms with Crippen LogP contribution in [0.1, 0.15) is 91.4 Å². The average molecular weight is 549 g/mol. The van der Waals surface area contributed by atoms with Crippen molar-refractivity contribution in [3.8, 4) is 0 Å². The molecule has 0 aliphatic heterocycles. The zero-order valence-corrected chi connectivity index (χ0v) is 23.5. The quantitative estimate of drug-likeness (QED) is 0.216. The smallest absolute Gasteiger partial charge is 0.264 e. The Kier molecular flexibility index (Phi) is 8.09. The Hall–Kier alpha value is -0.520. The first kappa shape index (κ1) is 28.5. The molecule has 0 radical (unpaired) electrons. The molecule has 4 fully saturated rings. The molecule has 8 nitrogen and oxygen atoms in total. The van der Waals surface area contributed by atoms with Crippen molar-refractivity contribution >= 4 is 20.8 Å². The molecule has 4 saturated carbocycles. The van der Waals surface area contributed by atoms with Crippen LogP contribution >= 0.6 is 0 Å². The number of hydrogen-bond acceptors (Lipinski definition) is 6. The van der Waals surface area contributed by atoms with Gasteiger partial charge in [-0.3, -0.25) is 9.11 Å². The van der Waals surface area contributed by atoms with Gasteiger partial charge in [0.2, 0.25) is 0 Å². The average Bonchev–Trinajstić information content (AvgIpc) is 3.10. The summed E-state index contributed by atoms with van der Waals surface area (Å²) in [6, 6.07) is 0. The second kappa shape index (κ2) is 10.2. The van der Waals surface area contributed by atoms with E-state index >= 15 is 0 Å². The van der Waals surface area contributed by atoms with Gasteiger partial charge in [0.25, 0.3) is 0 Å². The SMILES string of the molecule is C=CCCCC(C)C1CCC2C3CCC4CC(OS(=O)(=O)O)[C@@H](OS(=O)(=O)O)C[C@]4(C)C3CC[C@]12C. The zero-order valence-electron chi connectivity index (χ0n) is 21.8. The van der Waals surface area contributed by atoms with E-state index in [9.17, 15) is 25.9 Å². The lowest BCUT2D eigenvalue weighted by atomic mass is 9.44. The maximum absolute atomic E-state index is 11.6. The Morgan fingerprint density at radius 3 is 2.22 bits per heavy atom. The topological polar surface area (TPSA) is 127 Å². The van der Waals surface area contributed by atoms with E-state index < -0.39 is 33.0 Å². The molecular weight excluding hydrogens is 504 g/mol. The fraction of sp³-hybridized carbons (Fsp3) is 0.923. The Bertz CT molecular complexity index is 1030. The number of fused-ring (bicyclic) bond motifs is 5. The minimum absolute atomic E-state index is 0.131. The third-order valence-electron chi connectivity index (χ3n) is 11.0. The van der Waals surface area contributed by atoms with Crippen molar-refractivity contribution in [3.63, 3.8) is 0 Å². The molecule has 4 rings (SSSR count). The Morgan fingerprint density at radius 2 is 1.58 bits per heavy atom. The molecule has 0 bridgehead atoms. The van der Waals surface area contributed by atoms with Gasteiger partial charge in [0, 0.05) is 0 Å². The van der Waals surface area contributed by atoms with Crippen molar-refractivity contribution in [2.75, 3.05) is 0 Å². The highest BCUT2D eigenvalue weighted by Gasteiger charge is 2.62. The summed E-state index contributed by atoms with van der Waals surface area (Å²) in [4.78, 5) is 0. The summed E-state index contributed by atoms with van der Waals surface area (Å²) in [5.74, 6) is 3.08. The number of allylic oxidation sites excluding steroid dienone is 1. The van der Waals surface area contributed by atoms with Gasteiger partial charge in [-0.2, -0.15) is 16.8 Å². The van der Waals surface area contributed by atoms with E-state index in [0.29, 0.717) is 35.0 Å². The molecule has 36 heavy (non-hydrogen) atoms. The summed E-state index contributed by atoms with van der Waals surface area (Å²) in [5.41, 5.74) is 0.0555. The lowest BCUT2D eigenvalue weighted by Gasteiger charge is -2.62. The second-order valence-electron chi connectivity index (χ2n) is 12.6. The van der Waals surface area contributed by atoms with Crippen molar-refractivity contribution in [2.24, 2.45) is 46.3 Å². The van der Waals surface area contributed by atoms with Crippen molar-refractivity contribution in [1.82, 2.24) is 0 Å². The molecule has 0 spiro atoms. The van der Waals surface area contributed by atoms with Crippen LogP contribution < -0.4 is 0 Å². The Labute approximate surface area is 217 Å². The maximum atomic E-state index is 11.6. The van der Waals surface area contributed by atoms with E-state index in [1.54, 1.807) is 0 Å². The summed E-state index contributed by atoms with van der Waals surface area (Å²) < 4.78 is 74.6. The predicted molar refractivity (Wildman–Crippen MR) is 137 cm³/mol. The van der Waals surface area contributed by atoms with Gasteiger partial charge in [-0.05, 0) is 111 Å². The van der Waals surface area contributed by atoms with Gasteiger partial charge in [0.15, 0.2) is 0 Å². The summed E-state index contributed by atoms with van der Waals surface area (Å²) in [5, 5.41) is 0. The fourth-order valence-electron chi connectivity index (χ4n) is 9.51. The molecule has 0 heterocycles. The van der Waals surface area contributed by atoms with Crippen LogP contribution in [0.15, 0.2) is 12.7 Å². The van der Waals surface area contributed by atoms with Crippen LogP contribution in [-0.2, 0) is 29.2 Å². The highest BCUT2D eigenvalue weighted by atomic mass is 32.3. The van der Waals surface area contributed by atoms with Crippen molar-refractivity contribution < 1.29 is 34.3 Å². The highest BCUT2D eigenvalue weighted by molar-refractivity contribution is 7.81. The molecule has 7 unspecified atom stereocenters. The van der Waals surface area contributed by atoms with Crippen LogP contribution in [0.3, 0.4) is 0 Å². The van der Waals surface area contributed by atoms with Crippen LogP contribution in [0.25, 0.3) is 0 Å². The first-order valence-corrected chi connectivity index (χ1v) is 16.3. The zero-order chi connectivity index (χ0) is 26.5. The minimum Gasteiger partial charge on any atom is -0.264 e. The molecule has 208 valence electrons. The second-order valence-corrected chi connectivity index (χ2v) is 14.7. The van der Waals surface area contributed by atoms with Crippen molar-refractivity contribution in [1.29, 1.82) is 0 Å². The molecular formula is C26H44O8S2. The molecule has 2 N–H and O–H groups in total. The van der Waals surface area contributed by atoms with Crippen LogP contribution in [0.2, 0.25) is 0 Å². The largest absolute Gasteiger partial charge is 0.397 e. The third kappa shape index (κ3) is 5.59. The normalized spacial score (nSPS) is 43.8. The maximum Gasteiger partial charge on any atom is 0.397 e. The van der Waals surface area contributed by atoms with Gasteiger partial charge in [0.05, 0.1) is 0 Å². The molecule has 10 heteroatoms. The van der Waals surface area contributed by atoms with Crippen LogP contribution in [0.4, 0.5) is 0 Å². The van der Waals surface area contributed by atoms with E-state index in [2.05, 4.69) is 27.4 Å². The van der Waals surface area contributed by atoms with Crippen LogP contribution in [-0.4, -0.2) is 38.1 Å². The van der Waals surface area contributed by atoms with Gasteiger partial charge in [-0.1, -0.05) is 33.3 Å². The molecule has 0 aromatic carbocycles. The predicted octanol–water partition coefficient (Wildman–Crippen LogP) is 5.62. The van der Waals surface area contributed by atoms with Gasteiger partial charge in [-0.15, -0.1) is 6.58 Å². The van der Waals surface area contributed by atoms with E-state index in [4.69, 9.17) is 8.37 Å².